The highest BCUT2D eigenvalue weighted by molar-refractivity contribution is 4.77. The summed E-state index contributed by atoms with van der Waals surface area (Å²) >= 11 is 0. The molecule has 0 aliphatic carbocycles. The van der Waals surface area contributed by atoms with Crippen molar-refractivity contribution in [3.05, 3.63) is 0 Å². The molecular weight excluding hydrogens is 178 g/mol. The molecule has 0 aromatic carbocycles. The molecule has 4 heteroatoms. The summed E-state index contributed by atoms with van der Waals surface area (Å²) in [5.74, 6) is -2.86. The molecule has 0 aromatic rings. The summed E-state index contributed by atoms with van der Waals surface area (Å²) in [6.07, 6.45) is 0.509. The van der Waals surface area contributed by atoms with Gasteiger partial charge in [0.15, 0.2) is 0 Å². The van der Waals surface area contributed by atoms with Gasteiger partial charge in [-0.1, -0.05) is 0 Å². The number of halogens is 2. The maximum Gasteiger partial charge on any atom is 0.245 e. The Kier molecular flexibility index (Phi) is 3.62. The van der Waals surface area contributed by atoms with Gasteiger partial charge >= 0.3 is 0 Å². The summed E-state index contributed by atoms with van der Waals surface area (Å²) in [7, 11) is 0. The summed E-state index contributed by atoms with van der Waals surface area (Å²) in [5.41, 5.74) is 0. The normalized spacial score (nSPS) is 30.5. The van der Waals surface area contributed by atoms with E-state index in [-0.39, 0.29) is 24.9 Å². The van der Waals surface area contributed by atoms with Crippen molar-refractivity contribution in [2.75, 3.05) is 19.8 Å². The van der Waals surface area contributed by atoms with Crippen LogP contribution in [0.25, 0.3) is 0 Å². The summed E-state index contributed by atoms with van der Waals surface area (Å²) in [5, 5.41) is 8.96. The molecule has 1 fully saturated rings. The van der Waals surface area contributed by atoms with Crippen LogP contribution in [0.2, 0.25) is 0 Å². The summed E-state index contributed by atoms with van der Waals surface area (Å²) in [4.78, 5) is 0. The molecule has 1 aliphatic heterocycles. The smallest absolute Gasteiger partial charge is 0.245 e. The monoisotopic (exact) mass is 194 g/mol. The number of ether oxygens (including phenoxy) is 1. The molecule has 0 aromatic heterocycles. The van der Waals surface area contributed by atoms with Gasteiger partial charge in [0.2, 0.25) is 5.92 Å². The Hall–Kier alpha value is -0.220. The first kappa shape index (κ1) is 10.9. The van der Waals surface area contributed by atoms with Crippen LogP contribution in [0.5, 0.6) is 0 Å². The molecule has 0 spiro atoms. The van der Waals surface area contributed by atoms with Gasteiger partial charge < -0.3 is 9.84 Å². The van der Waals surface area contributed by atoms with Gasteiger partial charge in [-0.05, 0) is 25.2 Å². The zero-order valence-corrected chi connectivity index (χ0v) is 7.80. The van der Waals surface area contributed by atoms with Gasteiger partial charge in [-0.25, -0.2) is 8.78 Å². The molecule has 0 bridgehead atoms. The van der Waals surface area contributed by atoms with Crippen LogP contribution >= 0.6 is 0 Å². The van der Waals surface area contributed by atoms with E-state index >= 15 is 0 Å². The van der Waals surface area contributed by atoms with Gasteiger partial charge in [0.1, 0.15) is 0 Å². The molecule has 1 rings (SSSR count). The molecular formula is C9H16F2O2. The predicted molar refractivity (Wildman–Crippen MR) is 44.7 cm³/mol. The molecule has 0 amide bonds. The minimum absolute atomic E-state index is 0.00981. The van der Waals surface area contributed by atoms with Crippen LogP contribution in [0.4, 0.5) is 8.78 Å². The number of aliphatic hydroxyl groups excluding tert-OH is 1. The molecule has 0 radical (unpaired) electrons. The SMILES string of the molecule is CC(F)(F)CC1COCCC1CO. The van der Waals surface area contributed by atoms with Crippen molar-refractivity contribution >= 4 is 0 Å². The number of aliphatic hydroxyl groups is 1. The number of hydrogen-bond donors (Lipinski definition) is 1. The van der Waals surface area contributed by atoms with Crippen molar-refractivity contribution < 1.29 is 18.6 Å². The van der Waals surface area contributed by atoms with Gasteiger partial charge in [0.05, 0.1) is 0 Å². The van der Waals surface area contributed by atoms with E-state index in [0.29, 0.717) is 19.6 Å². The fraction of sp³-hybridized carbons (Fsp3) is 1.00. The predicted octanol–water partition coefficient (Wildman–Crippen LogP) is 1.68. The molecule has 78 valence electrons. The fourth-order valence-corrected chi connectivity index (χ4v) is 1.77. The maximum absolute atomic E-state index is 12.7. The van der Waals surface area contributed by atoms with E-state index < -0.39 is 5.92 Å². The standard InChI is InChI=1S/C9H16F2O2/c1-9(10,11)4-8-6-13-3-2-7(8)5-12/h7-8,12H,2-6H2,1H3. The number of hydrogen-bond acceptors (Lipinski definition) is 2. The van der Waals surface area contributed by atoms with Crippen LogP contribution in [-0.4, -0.2) is 30.8 Å². The van der Waals surface area contributed by atoms with E-state index in [4.69, 9.17) is 9.84 Å². The summed E-state index contributed by atoms with van der Waals surface area (Å²) in [6.45, 7) is 1.84. The van der Waals surface area contributed by atoms with Crippen LogP contribution in [0.1, 0.15) is 19.8 Å². The van der Waals surface area contributed by atoms with Crippen LogP contribution < -0.4 is 0 Å². The number of alkyl halides is 2. The minimum Gasteiger partial charge on any atom is -0.396 e. The van der Waals surface area contributed by atoms with Crippen molar-refractivity contribution in [2.24, 2.45) is 11.8 Å². The lowest BCUT2D eigenvalue weighted by Gasteiger charge is -2.31. The van der Waals surface area contributed by atoms with Crippen LogP contribution in [0.3, 0.4) is 0 Å². The molecule has 1 aliphatic rings. The van der Waals surface area contributed by atoms with Gasteiger partial charge in [-0.2, -0.15) is 0 Å². The molecule has 1 N–H and O–H groups in total. The van der Waals surface area contributed by atoms with E-state index in [0.717, 1.165) is 6.92 Å². The average molecular weight is 194 g/mol. The topological polar surface area (TPSA) is 29.5 Å². The quantitative estimate of drug-likeness (QED) is 0.740. The van der Waals surface area contributed by atoms with E-state index in [1.165, 1.54) is 0 Å². The second-order valence-electron chi connectivity index (χ2n) is 3.84. The number of rotatable bonds is 3. The highest BCUT2D eigenvalue weighted by Gasteiger charge is 2.33. The fourth-order valence-electron chi connectivity index (χ4n) is 1.77. The third-order valence-electron chi connectivity index (χ3n) is 2.49. The van der Waals surface area contributed by atoms with Crippen molar-refractivity contribution in [2.45, 2.75) is 25.7 Å². The molecule has 2 unspecified atom stereocenters. The molecule has 2 atom stereocenters. The lowest BCUT2D eigenvalue weighted by atomic mass is 9.85. The molecule has 2 nitrogen and oxygen atoms in total. The Balaban J connectivity index is 2.45. The highest BCUT2D eigenvalue weighted by Crippen LogP contribution is 2.31. The van der Waals surface area contributed by atoms with Crippen LogP contribution in [0, 0.1) is 11.8 Å². The third-order valence-corrected chi connectivity index (χ3v) is 2.49. The highest BCUT2D eigenvalue weighted by atomic mass is 19.3. The van der Waals surface area contributed by atoms with Crippen LogP contribution in [0.15, 0.2) is 0 Å². The second-order valence-corrected chi connectivity index (χ2v) is 3.84. The second kappa shape index (κ2) is 4.33. The Morgan fingerprint density at radius 3 is 2.69 bits per heavy atom. The average Bonchev–Trinajstić information content (AvgIpc) is 2.02. The molecule has 13 heavy (non-hydrogen) atoms. The first-order valence-electron chi connectivity index (χ1n) is 4.59. The van der Waals surface area contributed by atoms with Gasteiger partial charge in [-0.15, -0.1) is 0 Å². The van der Waals surface area contributed by atoms with E-state index in [2.05, 4.69) is 0 Å². The summed E-state index contributed by atoms with van der Waals surface area (Å²) in [6, 6.07) is 0. The van der Waals surface area contributed by atoms with Gasteiger partial charge in [0, 0.05) is 26.2 Å². The molecule has 0 saturated carbocycles. The van der Waals surface area contributed by atoms with Crippen molar-refractivity contribution in [1.82, 2.24) is 0 Å². The van der Waals surface area contributed by atoms with Gasteiger partial charge in [0.25, 0.3) is 0 Å². The Labute approximate surface area is 76.9 Å². The Bertz CT molecular complexity index is 156. The summed E-state index contributed by atoms with van der Waals surface area (Å²) < 4.78 is 30.5. The zero-order chi connectivity index (χ0) is 9.90. The van der Waals surface area contributed by atoms with Crippen molar-refractivity contribution in [3.8, 4) is 0 Å². The van der Waals surface area contributed by atoms with Crippen molar-refractivity contribution in [1.29, 1.82) is 0 Å². The first-order chi connectivity index (χ1) is 6.03. The van der Waals surface area contributed by atoms with Crippen molar-refractivity contribution in [3.63, 3.8) is 0 Å². The maximum atomic E-state index is 12.7. The van der Waals surface area contributed by atoms with E-state index in [1.54, 1.807) is 0 Å². The minimum atomic E-state index is -2.65. The lowest BCUT2D eigenvalue weighted by Crippen LogP contribution is -2.33. The van der Waals surface area contributed by atoms with E-state index in [9.17, 15) is 8.78 Å². The zero-order valence-electron chi connectivity index (χ0n) is 7.80. The van der Waals surface area contributed by atoms with Crippen LogP contribution in [-0.2, 0) is 4.74 Å². The van der Waals surface area contributed by atoms with E-state index in [1.807, 2.05) is 0 Å². The van der Waals surface area contributed by atoms with Gasteiger partial charge in [-0.3, -0.25) is 0 Å². The Morgan fingerprint density at radius 2 is 2.15 bits per heavy atom. The largest absolute Gasteiger partial charge is 0.396 e. The third kappa shape index (κ3) is 3.56. The molecule has 1 heterocycles. The first-order valence-corrected chi connectivity index (χ1v) is 4.59. The lowest BCUT2D eigenvalue weighted by molar-refractivity contribution is -0.0647. The molecule has 1 saturated heterocycles. The Morgan fingerprint density at radius 1 is 1.46 bits per heavy atom.